The number of anilines is 4. The zero-order valence-electron chi connectivity index (χ0n) is 28.0. The number of hydrogen-bond acceptors (Lipinski definition) is 8. The van der Waals surface area contributed by atoms with E-state index in [1.54, 1.807) is 7.11 Å². The fourth-order valence-corrected chi connectivity index (χ4v) is 12.2. The van der Waals surface area contributed by atoms with Crippen LogP contribution in [0.3, 0.4) is 0 Å². The summed E-state index contributed by atoms with van der Waals surface area (Å²) in [5.41, 5.74) is 10.3. The summed E-state index contributed by atoms with van der Waals surface area (Å²) in [6.07, 6.45) is 5.83. The first-order valence-electron chi connectivity index (χ1n) is 16.4. The minimum absolute atomic E-state index is 0.504. The highest BCUT2D eigenvalue weighted by atomic mass is 28.3. The Balaban J connectivity index is 1.45. The Morgan fingerprint density at radius 3 is 2.30 bits per heavy atom. The monoisotopic (exact) mass is 613 g/mol. The number of piperazine rings is 1. The Hall–Kier alpha value is -3.35. The van der Waals surface area contributed by atoms with Crippen LogP contribution in [0.2, 0.25) is 16.6 Å². The molecule has 9 heteroatoms. The zero-order chi connectivity index (χ0) is 31.4. The highest BCUT2D eigenvalue weighted by Crippen LogP contribution is 2.41. The molecular formula is C35H51N7OSi. The minimum Gasteiger partial charge on any atom is -0.481 e. The predicted octanol–water partition coefficient (Wildman–Crippen LogP) is 7.31. The van der Waals surface area contributed by atoms with Gasteiger partial charge in [-0.05, 0) is 60.6 Å². The van der Waals surface area contributed by atoms with Crippen molar-refractivity contribution in [3.05, 3.63) is 36.0 Å². The summed E-state index contributed by atoms with van der Waals surface area (Å²) < 4.78 is 5.58. The van der Waals surface area contributed by atoms with E-state index in [1.807, 2.05) is 12.3 Å². The number of nitrogens with zero attached hydrogens (tertiary/aromatic N) is 5. The molecule has 2 aromatic heterocycles. The molecule has 0 radical (unpaired) electrons. The van der Waals surface area contributed by atoms with E-state index in [-0.39, 0.29) is 0 Å². The summed E-state index contributed by atoms with van der Waals surface area (Å²) in [6.45, 7) is 19.2. The number of pyridine rings is 1. The molecule has 3 aromatic rings. The van der Waals surface area contributed by atoms with Gasteiger partial charge in [-0.15, -0.1) is 5.54 Å². The summed E-state index contributed by atoms with van der Waals surface area (Å²) in [5.74, 6) is 5.35. The Morgan fingerprint density at radius 2 is 1.68 bits per heavy atom. The summed E-state index contributed by atoms with van der Waals surface area (Å²) in [7, 11) is 1.92. The lowest BCUT2D eigenvalue weighted by Gasteiger charge is -2.38. The van der Waals surface area contributed by atoms with Gasteiger partial charge in [0, 0.05) is 56.2 Å². The lowest BCUT2D eigenvalue weighted by molar-refractivity contribution is 0.313. The van der Waals surface area contributed by atoms with Crippen LogP contribution < -0.4 is 20.3 Å². The van der Waals surface area contributed by atoms with Gasteiger partial charge in [0.1, 0.15) is 8.07 Å². The third-order valence-electron chi connectivity index (χ3n) is 9.93. The van der Waals surface area contributed by atoms with E-state index in [1.165, 1.54) is 24.9 Å². The molecule has 2 N–H and O–H groups in total. The van der Waals surface area contributed by atoms with Crippen molar-refractivity contribution in [1.29, 1.82) is 0 Å². The maximum absolute atomic E-state index is 5.58. The van der Waals surface area contributed by atoms with E-state index in [9.17, 15) is 0 Å². The molecule has 1 saturated carbocycles. The van der Waals surface area contributed by atoms with Crippen LogP contribution in [0.4, 0.5) is 23.0 Å². The maximum Gasteiger partial charge on any atom is 0.229 e. The number of fused-ring (bicyclic) bond motifs is 1. The van der Waals surface area contributed by atoms with E-state index in [4.69, 9.17) is 14.7 Å². The lowest BCUT2D eigenvalue weighted by atomic mass is 9.85. The van der Waals surface area contributed by atoms with Gasteiger partial charge >= 0.3 is 0 Å². The van der Waals surface area contributed by atoms with E-state index in [0.717, 1.165) is 61.0 Å². The van der Waals surface area contributed by atoms with Crippen LogP contribution in [0, 0.1) is 17.4 Å². The van der Waals surface area contributed by atoms with Gasteiger partial charge in [0.05, 0.1) is 23.9 Å². The third-order valence-corrected chi connectivity index (χ3v) is 16.2. The first-order chi connectivity index (χ1) is 21.1. The molecule has 2 aliphatic rings. The van der Waals surface area contributed by atoms with Crippen molar-refractivity contribution < 1.29 is 4.74 Å². The molecule has 1 aromatic carbocycles. The van der Waals surface area contributed by atoms with Crippen molar-refractivity contribution in [3.8, 4) is 17.3 Å². The van der Waals surface area contributed by atoms with Crippen LogP contribution in [0.15, 0.2) is 30.5 Å². The Labute approximate surface area is 265 Å². The van der Waals surface area contributed by atoms with Crippen LogP contribution >= 0.6 is 0 Å². The van der Waals surface area contributed by atoms with Crippen molar-refractivity contribution in [3.63, 3.8) is 0 Å². The zero-order valence-corrected chi connectivity index (χ0v) is 29.0. The van der Waals surface area contributed by atoms with Gasteiger partial charge in [0.25, 0.3) is 0 Å². The van der Waals surface area contributed by atoms with E-state index in [2.05, 4.69) is 104 Å². The summed E-state index contributed by atoms with van der Waals surface area (Å²) in [5, 5.41) is 8.07. The lowest BCUT2D eigenvalue weighted by Crippen LogP contribution is -2.44. The number of nitrogens with one attached hydrogen (secondary N) is 2. The van der Waals surface area contributed by atoms with Gasteiger partial charge in [-0.3, -0.25) is 0 Å². The van der Waals surface area contributed by atoms with Crippen LogP contribution in [0.5, 0.6) is 5.88 Å². The fourth-order valence-electron chi connectivity index (χ4n) is 7.02. The summed E-state index contributed by atoms with van der Waals surface area (Å²) in [4.78, 5) is 19.1. The average Bonchev–Trinajstić information content (AvgIpc) is 2.96. The van der Waals surface area contributed by atoms with Crippen molar-refractivity contribution in [2.75, 3.05) is 62.4 Å². The first-order valence-corrected chi connectivity index (χ1v) is 18.7. The second-order valence-corrected chi connectivity index (χ2v) is 19.2. The SMILES string of the molecule is COc1cc(C#C[Si](C(C)C)(C(C)C)C(C)C)c2cnc(Nc3ccc(N4CCN(C)CC4)c(NCC4CCC4)c3)nc2n1. The van der Waals surface area contributed by atoms with Gasteiger partial charge in [-0.1, -0.05) is 53.9 Å². The van der Waals surface area contributed by atoms with Gasteiger partial charge < -0.3 is 25.2 Å². The molecule has 0 atom stereocenters. The number of methoxy groups -OCH3 is 1. The molecule has 1 saturated heterocycles. The Morgan fingerprint density at radius 1 is 0.977 bits per heavy atom. The molecule has 236 valence electrons. The molecule has 0 unspecified atom stereocenters. The van der Waals surface area contributed by atoms with Gasteiger partial charge in [0.15, 0.2) is 5.65 Å². The van der Waals surface area contributed by atoms with Crippen LogP contribution in [0.1, 0.15) is 66.4 Å². The van der Waals surface area contributed by atoms with Crippen LogP contribution in [0.25, 0.3) is 11.0 Å². The van der Waals surface area contributed by atoms with Gasteiger partial charge in [-0.25, -0.2) is 4.98 Å². The fraction of sp³-hybridized carbons (Fsp3) is 0.571. The molecule has 0 bridgehead atoms. The molecule has 3 heterocycles. The highest BCUT2D eigenvalue weighted by Gasteiger charge is 2.41. The minimum atomic E-state index is -1.91. The molecular weight excluding hydrogens is 563 g/mol. The largest absolute Gasteiger partial charge is 0.481 e. The third kappa shape index (κ3) is 6.82. The first kappa shape index (κ1) is 32.1. The number of ether oxygens (including phenoxy) is 1. The number of hydrogen-bond donors (Lipinski definition) is 2. The van der Waals surface area contributed by atoms with Crippen molar-refractivity contribution in [2.24, 2.45) is 5.92 Å². The smallest absolute Gasteiger partial charge is 0.229 e. The standard InChI is InChI=1S/C35H51N7OSi/c1-24(2)44(25(3)4,26(5)6)19-14-28-20-33(43-8)39-34-30(28)23-37-35(40-34)38-29-12-13-32(42-17-15-41(7)16-18-42)31(21-29)36-22-27-10-9-11-27/h12-13,20-21,23-27,36H,9-11,15-18,22H2,1-8H3,(H,37,38,39,40). The van der Waals surface area contributed by atoms with E-state index >= 15 is 0 Å². The van der Waals surface area contributed by atoms with E-state index < -0.39 is 8.07 Å². The van der Waals surface area contributed by atoms with Crippen LogP contribution in [-0.4, -0.2) is 74.8 Å². The average molecular weight is 614 g/mol. The Kier molecular flexibility index (Phi) is 10.0. The molecule has 44 heavy (non-hydrogen) atoms. The normalized spacial score (nSPS) is 16.3. The van der Waals surface area contributed by atoms with Gasteiger partial charge in [0.2, 0.25) is 11.8 Å². The highest BCUT2D eigenvalue weighted by molar-refractivity contribution is 6.90. The van der Waals surface area contributed by atoms with Crippen molar-refractivity contribution in [1.82, 2.24) is 19.9 Å². The molecule has 0 amide bonds. The summed E-state index contributed by atoms with van der Waals surface area (Å²) >= 11 is 0. The number of likely N-dealkylation sites (N-methyl/N-ethyl adjacent to an activating group) is 1. The van der Waals surface area contributed by atoms with Crippen molar-refractivity contribution >= 4 is 42.1 Å². The molecule has 5 rings (SSSR count). The molecule has 1 aliphatic heterocycles. The van der Waals surface area contributed by atoms with Crippen LogP contribution in [-0.2, 0) is 0 Å². The maximum atomic E-state index is 5.58. The number of aromatic nitrogens is 3. The molecule has 1 aliphatic carbocycles. The van der Waals surface area contributed by atoms with Gasteiger partial charge in [-0.2, -0.15) is 9.97 Å². The number of rotatable bonds is 10. The van der Waals surface area contributed by atoms with E-state index in [0.29, 0.717) is 34.1 Å². The molecule has 0 spiro atoms. The topological polar surface area (TPSA) is 78.4 Å². The number of benzene rings is 1. The molecule has 8 nitrogen and oxygen atoms in total. The second-order valence-electron chi connectivity index (χ2n) is 13.6. The summed E-state index contributed by atoms with van der Waals surface area (Å²) in [6, 6.07) is 8.47. The quantitative estimate of drug-likeness (QED) is 0.182. The Bertz CT molecular complexity index is 1480. The van der Waals surface area contributed by atoms with Crippen molar-refractivity contribution in [2.45, 2.75) is 77.4 Å². The molecule has 2 fully saturated rings. The second kappa shape index (κ2) is 13.7. The predicted molar refractivity (Wildman–Crippen MR) is 187 cm³/mol.